The number of nitrogens with one attached hydrogen (secondary N) is 1. The topological polar surface area (TPSA) is 62.3 Å². The highest BCUT2D eigenvalue weighted by Crippen LogP contribution is 2.24. The van der Waals surface area contributed by atoms with Gasteiger partial charge in [-0.15, -0.1) is 11.3 Å². The van der Waals surface area contributed by atoms with Crippen LogP contribution in [0.4, 0.5) is 0 Å². The average molecular weight is 261 g/mol. The summed E-state index contributed by atoms with van der Waals surface area (Å²) in [4.78, 5) is 4.00. The van der Waals surface area contributed by atoms with Gasteiger partial charge in [0.05, 0.1) is 11.2 Å². The van der Waals surface area contributed by atoms with Crippen LogP contribution in [0.3, 0.4) is 0 Å². The molecule has 0 saturated carbocycles. The van der Waals surface area contributed by atoms with Crippen molar-refractivity contribution >= 4 is 21.4 Å². The Bertz CT molecular complexity index is 469. The van der Waals surface area contributed by atoms with Crippen LogP contribution in [0, 0.1) is 6.92 Å². The van der Waals surface area contributed by atoms with Crippen molar-refractivity contribution in [3.05, 3.63) is 11.2 Å². The third-order valence-electron chi connectivity index (χ3n) is 2.60. The molecular weight excluding hydrogens is 246 g/mol. The number of aryl methyl sites for hydroxylation is 1. The van der Waals surface area contributed by atoms with Crippen LogP contribution in [0.15, 0.2) is 10.4 Å². The molecule has 1 aliphatic heterocycles. The molecule has 0 spiro atoms. The lowest BCUT2D eigenvalue weighted by Crippen LogP contribution is -2.51. The molecule has 0 unspecified atom stereocenters. The molecule has 5 nitrogen and oxygen atoms in total. The Morgan fingerprint density at radius 3 is 2.94 bits per heavy atom. The molecule has 1 N–H and O–H groups in total. The van der Waals surface area contributed by atoms with Crippen LogP contribution in [0.5, 0.6) is 0 Å². The second-order valence-corrected chi connectivity index (χ2v) is 7.22. The minimum atomic E-state index is -3.34. The van der Waals surface area contributed by atoms with Gasteiger partial charge < -0.3 is 5.32 Å². The maximum atomic E-state index is 12.3. The van der Waals surface area contributed by atoms with E-state index in [0.29, 0.717) is 23.8 Å². The largest absolute Gasteiger partial charge is 0.314 e. The summed E-state index contributed by atoms with van der Waals surface area (Å²) in [5.41, 5.74) is 0. The van der Waals surface area contributed by atoms with Crippen molar-refractivity contribution in [2.45, 2.75) is 24.1 Å². The van der Waals surface area contributed by atoms with E-state index in [-0.39, 0.29) is 6.04 Å². The van der Waals surface area contributed by atoms with Gasteiger partial charge in [-0.3, -0.25) is 0 Å². The third kappa shape index (κ3) is 2.13. The van der Waals surface area contributed by atoms with E-state index in [2.05, 4.69) is 10.3 Å². The predicted molar refractivity (Wildman–Crippen MR) is 63.1 cm³/mol. The molecule has 0 bridgehead atoms. The molecule has 0 amide bonds. The van der Waals surface area contributed by atoms with E-state index in [0.717, 1.165) is 5.01 Å². The van der Waals surface area contributed by atoms with Gasteiger partial charge in [0.15, 0.2) is 4.21 Å². The predicted octanol–water partition coefficient (Wildman–Crippen LogP) is 0.434. The van der Waals surface area contributed by atoms with E-state index in [1.807, 2.05) is 13.8 Å². The number of piperazine rings is 1. The maximum Gasteiger partial charge on any atom is 0.254 e. The Morgan fingerprint density at radius 1 is 1.62 bits per heavy atom. The van der Waals surface area contributed by atoms with Gasteiger partial charge >= 0.3 is 0 Å². The van der Waals surface area contributed by atoms with Gasteiger partial charge in [0.2, 0.25) is 0 Å². The Morgan fingerprint density at radius 2 is 2.38 bits per heavy atom. The van der Waals surface area contributed by atoms with Crippen molar-refractivity contribution in [1.29, 1.82) is 0 Å². The van der Waals surface area contributed by atoms with E-state index >= 15 is 0 Å². The van der Waals surface area contributed by atoms with Crippen LogP contribution in [-0.4, -0.2) is 43.4 Å². The smallest absolute Gasteiger partial charge is 0.254 e. The number of aromatic nitrogens is 1. The summed E-state index contributed by atoms with van der Waals surface area (Å²) in [5, 5.41) is 3.95. The van der Waals surface area contributed by atoms with Crippen LogP contribution < -0.4 is 5.32 Å². The van der Waals surface area contributed by atoms with Crippen molar-refractivity contribution in [2.24, 2.45) is 0 Å². The van der Waals surface area contributed by atoms with Gasteiger partial charge in [-0.05, 0) is 13.8 Å². The minimum absolute atomic E-state index is 0.00107. The summed E-state index contributed by atoms with van der Waals surface area (Å²) in [5.74, 6) is 0. The lowest BCUT2D eigenvalue weighted by molar-refractivity contribution is 0.284. The van der Waals surface area contributed by atoms with Crippen LogP contribution in [0.1, 0.15) is 11.9 Å². The quantitative estimate of drug-likeness (QED) is 0.839. The molecule has 0 aromatic carbocycles. The van der Waals surface area contributed by atoms with Crippen molar-refractivity contribution in [3.63, 3.8) is 0 Å². The molecule has 16 heavy (non-hydrogen) atoms. The molecule has 1 fully saturated rings. The van der Waals surface area contributed by atoms with E-state index in [1.54, 1.807) is 4.31 Å². The van der Waals surface area contributed by atoms with Crippen LogP contribution in [-0.2, 0) is 10.0 Å². The SMILES string of the molecule is Cc1ncc(S(=O)(=O)N2CCNC[C@@H]2C)s1. The van der Waals surface area contributed by atoms with Gasteiger partial charge in [-0.25, -0.2) is 13.4 Å². The Hall–Kier alpha value is -0.500. The molecule has 1 aliphatic rings. The van der Waals surface area contributed by atoms with E-state index in [4.69, 9.17) is 0 Å². The Kier molecular flexibility index (Phi) is 3.29. The summed E-state index contributed by atoms with van der Waals surface area (Å²) in [6, 6.07) is 0.00107. The fourth-order valence-electron chi connectivity index (χ4n) is 1.76. The highest BCUT2D eigenvalue weighted by Gasteiger charge is 2.32. The zero-order valence-electron chi connectivity index (χ0n) is 9.30. The molecular formula is C9H15N3O2S2. The molecule has 90 valence electrons. The maximum absolute atomic E-state index is 12.3. The molecule has 2 heterocycles. The summed E-state index contributed by atoms with van der Waals surface area (Å²) in [6.07, 6.45) is 1.45. The monoisotopic (exact) mass is 261 g/mol. The highest BCUT2D eigenvalue weighted by molar-refractivity contribution is 7.91. The van der Waals surface area contributed by atoms with Crippen molar-refractivity contribution in [2.75, 3.05) is 19.6 Å². The van der Waals surface area contributed by atoms with Crippen molar-refractivity contribution < 1.29 is 8.42 Å². The second kappa shape index (κ2) is 4.40. The zero-order chi connectivity index (χ0) is 11.8. The summed E-state index contributed by atoms with van der Waals surface area (Å²) in [7, 11) is -3.34. The molecule has 2 rings (SSSR count). The highest BCUT2D eigenvalue weighted by atomic mass is 32.2. The molecule has 1 aromatic heterocycles. The standard InChI is InChI=1S/C9H15N3O2S2/c1-7-5-10-3-4-12(7)16(13,14)9-6-11-8(2)15-9/h6-7,10H,3-5H2,1-2H3/t7-/m0/s1. The van der Waals surface area contributed by atoms with Crippen LogP contribution in [0.25, 0.3) is 0 Å². The molecule has 0 radical (unpaired) electrons. The normalized spacial score (nSPS) is 23.5. The number of rotatable bonds is 2. The van der Waals surface area contributed by atoms with Crippen LogP contribution >= 0.6 is 11.3 Å². The summed E-state index contributed by atoms with van der Waals surface area (Å²) >= 11 is 1.23. The fraction of sp³-hybridized carbons (Fsp3) is 0.667. The number of thiazole rings is 1. The zero-order valence-corrected chi connectivity index (χ0v) is 10.9. The van der Waals surface area contributed by atoms with Gasteiger partial charge in [-0.2, -0.15) is 4.31 Å². The summed E-state index contributed by atoms with van der Waals surface area (Å²) in [6.45, 7) is 5.67. The molecule has 7 heteroatoms. The summed E-state index contributed by atoms with van der Waals surface area (Å²) < 4.78 is 26.5. The Balaban J connectivity index is 2.31. The first-order valence-corrected chi connectivity index (χ1v) is 7.42. The first-order valence-electron chi connectivity index (χ1n) is 5.17. The Labute approximate surface area is 99.5 Å². The lowest BCUT2D eigenvalue weighted by Gasteiger charge is -2.32. The van der Waals surface area contributed by atoms with Crippen molar-refractivity contribution in [3.8, 4) is 0 Å². The number of hydrogen-bond acceptors (Lipinski definition) is 5. The molecule has 1 aromatic rings. The third-order valence-corrected chi connectivity index (χ3v) is 5.97. The minimum Gasteiger partial charge on any atom is -0.314 e. The molecule has 1 atom stereocenters. The van der Waals surface area contributed by atoms with Crippen molar-refractivity contribution in [1.82, 2.24) is 14.6 Å². The fourth-order valence-corrected chi connectivity index (χ4v) is 4.63. The van der Waals surface area contributed by atoms with Gasteiger partial charge in [-0.1, -0.05) is 0 Å². The first kappa shape index (κ1) is 12.0. The number of hydrogen-bond donors (Lipinski definition) is 1. The van der Waals surface area contributed by atoms with Crippen LogP contribution in [0.2, 0.25) is 0 Å². The van der Waals surface area contributed by atoms with Gasteiger partial charge in [0, 0.05) is 25.7 Å². The van der Waals surface area contributed by atoms with E-state index < -0.39 is 10.0 Å². The number of sulfonamides is 1. The number of nitrogens with zero attached hydrogens (tertiary/aromatic N) is 2. The van der Waals surface area contributed by atoms with Gasteiger partial charge in [0.25, 0.3) is 10.0 Å². The molecule has 0 aliphatic carbocycles. The van der Waals surface area contributed by atoms with E-state index in [1.165, 1.54) is 17.5 Å². The van der Waals surface area contributed by atoms with Gasteiger partial charge in [0.1, 0.15) is 0 Å². The second-order valence-electron chi connectivity index (χ2n) is 3.87. The van der Waals surface area contributed by atoms with E-state index in [9.17, 15) is 8.42 Å². The average Bonchev–Trinajstić information content (AvgIpc) is 2.66. The molecule has 1 saturated heterocycles. The lowest BCUT2D eigenvalue weighted by atomic mass is 10.3. The first-order chi connectivity index (χ1) is 7.51.